The molecule has 0 atom stereocenters. The second-order valence-electron chi connectivity index (χ2n) is 4.29. The van der Waals surface area contributed by atoms with E-state index in [1.165, 1.54) is 0 Å². The summed E-state index contributed by atoms with van der Waals surface area (Å²) in [5.74, 6) is 0. The topological polar surface area (TPSA) is 15.3 Å². The van der Waals surface area contributed by atoms with Gasteiger partial charge in [0.15, 0.2) is 0 Å². The van der Waals surface area contributed by atoms with E-state index in [1.807, 2.05) is 12.1 Å². The van der Waals surface area contributed by atoms with Crippen LogP contribution in [-0.4, -0.2) is 31.1 Å². The van der Waals surface area contributed by atoms with Crippen LogP contribution in [0, 0.1) is 0 Å². The summed E-state index contributed by atoms with van der Waals surface area (Å²) in [5.41, 5.74) is 1.10. The summed E-state index contributed by atoms with van der Waals surface area (Å²) in [7, 11) is 0. The van der Waals surface area contributed by atoms with Crippen LogP contribution in [0.25, 0.3) is 0 Å². The highest BCUT2D eigenvalue weighted by molar-refractivity contribution is 6.35. The van der Waals surface area contributed by atoms with E-state index >= 15 is 0 Å². The predicted octanol–water partition coefficient (Wildman–Crippen LogP) is 3.81. The van der Waals surface area contributed by atoms with Crippen molar-refractivity contribution >= 4 is 23.2 Å². The minimum absolute atomic E-state index is 0.685. The predicted molar refractivity (Wildman–Crippen MR) is 80.6 cm³/mol. The molecule has 0 spiro atoms. The van der Waals surface area contributed by atoms with Crippen molar-refractivity contribution in [2.75, 3.05) is 26.2 Å². The Balaban J connectivity index is 2.21. The van der Waals surface area contributed by atoms with Crippen molar-refractivity contribution in [2.24, 2.45) is 0 Å². The quantitative estimate of drug-likeness (QED) is 0.732. The first-order valence-corrected chi connectivity index (χ1v) is 7.30. The second-order valence-corrected chi connectivity index (χ2v) is 5.14. The monoisotopic (exact) mass is 288 g/mol. The van der Waals surface area contributed by atoms with E-state index in [4.69, 9.17) is 23.2 Å². The van der Waals surface area contributed by atoms with Crippen LogP contribution in [0.1, 0.15) is 25.8 Å². The summed E-state index contributed by atoms with van der Waals surface area (Å²) in [6, 6.07) is 5.64. The molecule has 0 unspecified atom stereocenters. The summed E-state index contributed by atoms with van der Waals surface area (Å²) < 4.78 is 0. The molecule has 0 radical (unpaired) electrons. The summed E-state index contributed by atoms with van der Waals surface area (Å²) in [4.78, 5) is 2.43. The highest BCUT2D eigenvalue weighted by Crippen LogP contribution is 2.20. The molecule has 0 saturated carbocycles. The van der Waals surface area contributed by atoms with Gasteiger partial charge in [0.2, 0.25) is 0 Å². The van der Waals surface area contributed by atoms with Gasteiger partial charge in [-0.15, -0.1) is 0 Å². The van der Waals surface area contributed by atoms with Crippen LogP contribution in [0.15, 0.2) is 18.2 Å². The molecular weight excluding hydrogens is 267 g/mol. The van der Waals surface area contributed by atoms with Gasteiger partial charge < -0.3 is 10.2 Å². The Bertz CT molecular complexity index is 352. The maximum atomic E-state index is 6.10. The van der Waals surface area contributed by atoms with Crippen molar-refractivity contribution in [3.8, 4) is 0 Å². The first-order valence-electron chi connectivity index (χ1n) is 6.54. The van der Waals surface area contributed by atoms with Crippen LogP contribution in [0.4, 0.5) is 0 Å². The van der Waals surface area contributed by atoms with E-state index in [1.54, 1.807) is 6.07 Å². The molecule has 0 aliphatic heterocycles. The van der Waals surface area contributed by atoms with E-state index in [-0.39, 0.29) is 0 Å². The van der Waals surface area contributed by atoms with Gasteiger partial charge in [-0.05, 0) is 50.3 Å². The Kier molecular flexibility index (Phi) is 7.68. The molecule has 1 N–H and O–H groups in total. The van der Waals surface area contributed by atoms with Crippen molar-refractivity contribution < 1.29 is 0 Å². The smallest absolute Gasteiger partial charge is 0.0465 e. The Morgan fingerprint density at radius 1 is 1.17 bits per heavy atom. The zero-order valence-corrected chi connectivity index (χ0v) is 12.7. The van der Waals surface area contributed by atoms with Crippen LogP contribution in [0.5, 0.6) is 0 Å². The first kappa shape index (κ1) is 15.8. The Hall–Kier alpha value is -0.280. The van der Waals surface area contributed by atoms with Crippen LogP contribution in [0.2, 0.25) is 10.0 Å². The molecule has 2 nitrogen and oxygen atoms in total. The molecule has 0 bridgehead atoms. The summed E-state index contributed by atoms with van der Waals surface area (Å²) >= 11 is 12.0. The molecule has 1 aromatic carbocycles. The zero-order chi connectivity index (χ0) is 13.4. The van der Waals surface area contributed by atoms with Crippen molar-refractivity contribution in [1.29, 1.82) is 0 Å². The minimum Gasteiger partial charge on any atom is -0.313 e. The lowest BCUT2D eigenvalue weighted by Gasteiger charge is -2.17. The van der Waals surface area contributed by atoms with Crippen molar-refractivity contribution in [3.05, 3.63) is 33.8 Å². The third-order valence-electron chi connectivity index (χ3n) is 3.05. The first-order chi connectivity index (χ1) is 8.67. The van der Waals surface area contributed by atoms with E-state index in [0.717, 1.165) is 49.7 Å². The molecule has 1 rings (SSSR count). The average molecular weight is 289 g/mol. The summed E-state index contributed by atoms with van der Waals surface area (Å²) in [6.45, 7) is 9.60. The number of halogens is 2. The van der Waals surface area contributed by atoms with E-state index in [9.17, 15) is 0 Å². The number of hydrogen-bond donors (Lipinski definition) is 1. The summed E-state index contributed by atoms with van der Waals surface area (Å²) in [5, 5.41) is 4.83. The maximum absolute atomic E-state index is 6.10. The number of hydrogen-bond acceptors (Lipinski definition) is 2. The van der Waals surface area contributed by atoms with Gasteiger partial charge in [0.1, 0.15) is 0 Å². The highest BCUT2D eigenvalue weighted by Gasteiger charge is 2.01. The Morgan fingerprint density at radius 2 is 1.89 bits per heavy atom. The summed E-state index contributed by atoms with van der Waals surface area (Å²) in [6.07, 6.45) is 1.16. The molecule has 102 valence electrons. The largest absolute Gasteiger partial charge is 0.313 e. The molecule has 0 fully saturated rings. The van der Waals surface area contributed by atoms with Gasteiger partial charge in [-0.1, -0.05) is 43.1 Å². The fourth-order valence-electron chi connectivity index (χ4n) is 1.86. The highest BCUT2D eigenvalue weighted by atomic mass is 35.5. The van der Waals surface area contributed by atoms with Crippen LogP contribution in [-0.2, 0) is 6.54 Å². The normalized spacial score (nSPS) is 11.2. The van der Waals surface area contributed by atoms with E-state index in [0.29, 0.717) is 5.02 Å². The van der Waals surface area contributed by atoms with Crippen LogP contribution >= 0.6 is 23.2 Å². The van der Waals surface area contributed by atoms with Gasteiger partial charge >= 0.3 is 0 Å². The molecule has 4 heteroatoms. The molecular formula is C14H22Cl2N2. The van der Waals surface area contributed by atoms with Gasteiger partial charge in [-0.25, -0.2) is 0 Å². The number of benzene rings is 1. The molecule has 1 aromatic rings. The fourth-order valence-corrected chi connectivity index (χ4v) is 2.33. The SMILES string of the molecule is CCN(CC)CCCNCc1ccc(Cl)cc1Cl. The minimum atomic E-state index is 0.685. The lowest BCUT2D eigenvalue weighted by Crippen LogP contribution is -2.27. The third kappa shape index (κ3) is 5.57. The van der Waals surface area contributed by atoms with Crippen molar-refractivity contribution in [1.82, 2.24) is 10.2 Å². The Morgan fingerprint density at radius 3 is 2.50 bits per heavy atom. The Labute approximate surface area is 120 Å². The maximum Gasteiger partial charge on any atom is 0.0465 e. The van der Waals surface area contributed by atoms with Crippen molar-refractivity contribution in [2.45, 2.75) is 26.8 Å². The standard InChI is InChI=1S/C14H22Cl2N2/c1-3-18(4-2)9-5-8-17-11-12-6-7-13(15)10-14(12)16/h6-7,10,17H,3-5,8-9,11H2,1-2H3. The lowest BCUT2D eigenvalue weighted by molar-refractivity contribution is 0.298. The molecule has 0 aliphatic rings. The molecule has 0 heterocycles. The molecule has 18 heavy (non-hydrogen) atoms. The van der Waals surface area contributed by atoms with Gasteiger partial charge in [0.25, 0.3) is 0 Å². The number of rotatable bonds is 8. The molecule has 0 amide bonds. The van der Waals surface area contributed by atoms with Crippen LogP contribution < -0.4 is 5.32 Å². The van der Waals surface area contributed by atoms with Gasteiger partial charge in [0.05, 0.1) is 0 Å². The molecule has 0 aromatic heterocycles. The van der Waals surface area contributed by atoms with E-state index < -0.39 is 0 Å². The number of nitrogens with one attached hydrogen (secondary N) is 1. The second kappa shape index (κ2) is 8.76. The van der Waals surface area contributed by atoms with Gasteiger partial charge in [-0.2, -0.15) is 0 Å². The van der Waals surface area contributed by atoms with E-state index in [2.05, 4.69) is 24.1 Å². The average Bonchev–Trinajstić information content (AvgIpc) is 2.36. The zero-order valence-electron chi connectivity index (χ0n) is 11.2. The van der Waals surface area contributed by atoms with Crippen LogP contribution in [0.3, 0.4) is 0 Å². The van der Waals surface area contributed by atoms with Gasteiger partial charge in [0, 0.05) is 16.6 Å². The number of nitrogens with zero attached hydrogens (tertiary/aromatic N) is 1. The third-order valence-corrected chi connectivity index (χ3v) is 3.64. The van der Waals surface area contributed by atoms with Gasteiger partial charge in [-0.3, -0.25) is 0 Å². The van der Waals surface area contributed by atoms with Crippen molar-refractivity contribution in [3.63, 3.8) is 0 Å². The molecule has 0 aliphatic carbocycles. The molecule has 0 saturated heterocycles. The lowest BCUT2D eigenvalue weighted by atomic mass is 10.2. The fraction of sp³-hybridized carbons (Fsp3) is 0.571.